The highest BCUT2D eigenvalue weighted by Crippen LogP contribution is 2.40. The predicted molar refractivity (Wildman–Crippen MR) is 83.6 cm³/mol. The number of imidazole rings is 1. The number of nitrogens with zero attached hydrogens (tertiary/aromatic N) is 3. The monoisotopic (exact) mass is 361 g/mol. The van der Waals surface area contributed by atoms with E-state index in [4.69, 9.17) is 34.8 Å². The van der Waals surface area contributed by atoms with Crippen molar-refractivity contribution in [2.75, 3.05) is 0 Å². The number of alkyl halides is 3. The van der Waals surface area contributed by atoms with Gasteiger partial charge in [0.2, 0.25) is 3.79 Å². The van der Waals surface area contributed by atoms with Gasteiger partial charge in [-0.2, -0.15) is 0 Å². The van der Waals surface area contributed by atoms with Crippen molar-refractivity contribution in [3.05, 3.63) is 58.7 Å². The molecule has 0 fully saturated rings. The number of aromatic nitrogens is 2. The fraction of sp³-hybridized carbons (Fsp3) is 0.231. The third-order valence-electron chi connectivity index (χ3n) is 3.04. The topological polar surface area (TPSA) is 78.0 Å². The lowest BCUT2D eigenvalue weighted by Gasteiger charge is -2.25. The molecule has 0 unspecified atom stereocenters. The Bertz CT molecular complexity index is 666. The van der Waals surface area contributed by atoms with Gasteiger partial charge in [-0.1, -0.05) is 34.8 Å². The van der Waals surface area contributed by atoms with E-state index in [9.17, 15) is 14.9 Å². The van der Waals surface area contributed by atoms with Crippen molar-refractivity contribution in [2.45, 2.75) is 16.3 Å². The molecule has 0 amide bonds. The van der Waals surface area contributed by atoms with Gasteiger partial charge < -0.3 is 4.57 Å². The second kappa shape index (κ2) is 6.64. The summed E-state index contributed by atoms with van der Waals surface area (Å²) in [4.78, 5) is 26.2. The van der Waals surface area contributed by atoms with Gasteiger partial charge in [-0.05, 0) is 12.1 Å². The van der Waals surface area contributed by atoms with E-state index in [0.29, 0.717) is 5.56 Å². The lowest BCUT2D eigenvalue weighted by molar-refractivity contribution is -0.384. The van der Waals surface area contributed by atoms with Crippen molar-refractivity contribution in [3.8, 4) is 0 Å². The molecule has 0 bridgehead atoms. The molecule has 0 aliphatic rings. The van der Waals surface area contributed by atoms with Crippen molar-refractivity contribution >= 4 is 46.3 Å². The fourth-order valence-corrected chi connectivity index (χ4v) is 2.48. The molecular formula is C13H10Cl3N3O3. The Labute approximate surface area is 140 Å². The summed E-state index contributed by atoms with van der Waals surface area (Å²) in [6.07, 6.45) is 4.48. The zero-order valence-corrected chi connectivity index (χ0v) is 13.3. The summed E-state index contributed by atoms with van der Waals surface area (Å²) >= 11 is 17.8. The molecule has 0 aliphatic heterocycles. The van der Waals surface area contributed by atoms with E-state index in [0.717, 1.165) is 0 Å². The van der Waals surface area contributed by atoms with E-state index in [1.54, 1.807) is 6.20 Å². The van der Waals surface area contributed by atoms with Crippen LogP contribution in [-0.4, -0.2) is 24.1 Å². The highest BCUT2D eigenvalue weighted by atomic mass is 35.6. The number of nitro benzene ring substituents is 1. The van der Waals surface area contributed by atoms with Crippen molar-refractivity contribution in [1.82, 2.24) is 9.55 Å². The molecule has 9 heteroatoms. The molecule has 2 aromatic rings. The number of carbonyl (C=O) groups excluding carboxylic acids is 1. The van der Waals surface area contributed by atoms with Crippen LogP contribution in [0.5, 0.6) is 0 Å². The minimum Gasteiger partial charge on any atom is -0.330 e. The van der Waals surface area contributed by atoms with Crippen LogP contribution >= 0.6 is 34.8 Å². The Kier molecular flexibility index (Phi) is 5.05. The Balaban J connectivity index is 2.20. The van der Waals surface area contributed by atoms with Gasteiger partial charge in [0, 0.05) is 36.5 Å². The second-order valence-electron chi connectivity index (χ2n) is 4.50. The third-order valence-corrected chi connectivity index (χ3v) is 3.80. The zero-order chi connectivity index (χ0) is 16.3. The number of non-ortho nitro benzene ring substituents is 1. The molecule has 2 rings (SSSR count). The maximum absolute atomic E-state index is 12.3. The summed E-state index contributed by atoms with van der Waals surface area (Å²) in [6, 6.07) is 4.54. The summed E-state index contributed by atoms with van der Waals surface area (Å²) in [5.74, 6) is -0.292. The highest BCUT2D eigenvalue weighted by Gasteiger charge is 2.35. The molecule has 1 atom stereocenters. The smallest absolute Gasteiger partial charge is 0.269 e. The van der Waals surface area contributed by atoms with Crippen LogP contribution < -0.4 is 0 Å². The van der Waals surface area contributed by atoms with Gasteiger partial charge in [0.05, 0.1) is 17.3 Å². The number of benzene rings is 1. The van der Waals surface area contributed by atoms with Crippen LogP contribution in [0.25, 0.3) is 0 Å². The van der Waals surface area contributed by atoms with Crippen LogP contribution in [0.4, 0.5) is 5.69 Å². The molecule has 116 valence electrons. The van der Waals surface area contributed by atoms with Crippen molar-refractivity contribution in [3.63, 3.8) is 0 Å². The molecule has 0 saturated carbocycles. The molecule has 1 aromatic carbocycles. The quantitative estimate of drug-likeness (QED) is 0.349. The molecule has 0 N–H and O–H groups in total. The standard InChI is InChI=1S/C13H10Cl3N3O3/c14-13(15,16)12(18-6-5-17-8-18)7-11(20)9-1-3-10(4-2-9)19(21)22/h1-6,8,12H,7H2/t12-/m0/s1. The lowest BCUT2D eigenvalue weighted by Crippen LogP contribution is -2.25. The minimum absolute atomic E-state index is 0.0787. The normalized spacial score (nSPS) is 12.9. The Morgan fingerprint density at radius 1 is 1.32 bits per heavy atom. The largest absolute Gasteiger partial charge is 0.330 e. The molecule has 0 radical (unpaired) electrons. The van der Waals surface area contributed by atoms with Crippen LogP contribution in [0.3, 0.4) is 0 Å². The maximum atomic E-state index is 12.3. The summed E-state index contributed by atoms with van der Waals surface area (Å²) in [7, 11) is 0. The number of hydrogen-bond acceptors (Lipinski definition) is 4. The van der Waals surface area contributed by atoms with Crippen LogP contribution in [0.1, 0.15) is 22.8 Å². The Morgan fingerprint density at radius 3 is 2.41 bits per heavy atom. The van der Waals surface area contributed by atoms with Crippen LogP contribution in [0, 0.1) is 10.1 Å². The first kappa shape index (κ1) is 16.7. The summed E-state index contributed by atoms with van der Waals surface area (Å²) in [6.45, 7) is 0. The zero-order valence-electron chi connectivity index (χ0n) is 11.0. The molecule has 0 saturated heterocycles. The molecular weight excluding hydrogens is 353 g/mol. The van der Waals surface area contributed by atoms with Gasteiger partial charge in [0.25, 0.3) is 5.69 Å². The molecule has 1 heterocycles. The van der Waals surface area contributed by atoms with Gasteiger partial charge in [-0.15, -0.1) is 0 Å². The van der Waals surface area contributed by atoms with Crippen LogP contribution in [0.15, 0.2) is 43.0 Å². The van der Waals surface area contributed by atoms with E-state index in [2.05, 4.69) is 4.98 Å². The van der Waals surface area contributed by atoms with Crippen LogP contribution in [0.2, 0.25) is 0 Å². The first-order chi connectivity index (χ1) is 10.3. The Morgan fingerprint density at radius 2 is 1.95 bits per heavy atom. The van der Waals surface area contributed by atoms with E-state index in [1.807, 2.05) is 0 Å². The lowest BCUT2D eigenvalue weighted by atomic mass is 10.0. The number of halogens is 3. The van der Waals surface area contributed by atoms with Gasteiger partial charge >= 0.3 is 0 Å². The predicted octanol–water partition coefficient (Wildman–Crippen LogP) is 3.98. The molecule has 0 spiro atoms. The Hall–Kier alpha value is -1.63. The first-order valence-electron chi connectivity index (χ1n) is 6.11. The van der Waals surface area contributed by atoms with Gasteiger partial charge in [0.1, 0.15) is 0 Å². The van der Waals surface area contributed by atoms with Gasteiger partial charge in [-0.25, -0.2) is 4.98 Å². The number of carbonyl (C=O) groups is 1. The van der Waals surface area contributed by atoms with Crippen LogP contribution in [-0.2, 0) is 0 Å². The summed E-state index contributed by atoms with van der Waals surface area (Å²) in [5, 5.41) is 10.6. The van der Waals surface area contributed by atoms with E-state index < -0.39 is 14.8 Å². The summed E-state index contributed by atoms with van der Waals surface area (Å²) in [5.41, 5.74) is 0.217. The number of ketones is 1. The van der Waals surface area contributed by atoms with E-state index in [1.165, 1.54) is 41.4 Å². The molecule has 1 aromatic heterocycles. The average Bonchev–Trinajstić information content (AvgIpc) is 2.97. The molecule has 22 heavy (non-hydrogen) atoms. The van der Waals surface area contributed by atoms with Crippen molar-refractivity contribution in [2.24, 2.45) is 0 Å². The van der Waals surface area contributed by atoms with Crippen molar-refractivity contribution < 1.29 is 9.72 Å². The SMILES string of the molecule is O=C(C[C@H](n1ccnc1)C(Cl)(Cl)Cl)c1ccc([N+](=O)[O-])cc1. The summed E-state index contributed by atoms with van der Waals surface area (Å²) < 4.78 is -0.159. The second-order valence-corrected chi connectivity index (χ2v) is 6.87. The average molecular weight is 363 g/mol. The maximum Gasteiger partial charge on any atom is 0.269 e. The van der Waals surface area contributed by atoms with Crippen molar-refractivity contribution in [1.29, 1.82) is 0 Å². The molecule has 0 aliphatic carbocycles. The van der Waals surface area contributed by atoms with E-state index in [-0.39, 0.29) is 17.9 Å². The van der Waals surface area contributed by atoms with Gasteiger partial charge in [0.15, 0.2) is 5.78 Å². The number of hydrogen-bond donors (Lipinski definition) is 0. The minimum atomic E-state index is -1.70. The first-order valence-corrected chi connectivity index (χ1v) is 7.24. The van der Waals surface area contributed by atoms with E-state index >= 15 is 0 Å². The highest BCUT2D eigenvalue weighted by molar-refractivity contribution is 6.68. The number of rotatable bonds is 5. The third kappa shape index (κ3) is 3.97. The van der Waals surface area contributed by atoms with Gasteiger partial charge in [-0.3, -0.25) is 14.9 Å². The molecule has 6 nitrogen and oxygen atoms in total. The fourth-order valence-electron chi connectivity index (χ4n) is 1.91. The number of nitro groups is 1. The number of Topliss-reactive ketones (excluding diaryl/α,β-unsaturated/α-hetero) is 1.